The molecule has 0 radical (unpaired) electrons. The standard InChI is InChI=1S/C20H23N3O2/c24-19-13-12-17(21-23(19)16-9-2-1-3-10-16)20(25)22-14-6-11-18(22)15-7-4-5-8-15/h1-3,9-10,12-13,15,18H,4-8,11,14H2/t18-/m0/s1. The lowest BCUT2D eigenvalue weighted by Gasteiger charge is -2.29. The van der Waals surface area contributed by atoms with Gasteiger partial charge in [0.25, 0.3) is 11.5 Å². The van der Waals surface area contributed by atoms with Crippen molar-refractivity contribution < 1.29 is 4.79 Å². The number of benzene rings is 1. The summed E-state index contributed by atoms with van der Waals surface area (Å²) in [5, 5.41) is 4.36. The fraction of sp³-hybridized carbons (Fsp3) is 0.450. The van der Waals surface area contributed by atoms with E-state index in [1.54, 1.807) is 6.07 Å². The maximum Gasteiger partial charge on any atom is 0.274 e. The molecule has 2 heterocycles. The number of hydrogen-bond donors (Lipinski definition) is 0. The minimum Gasteiger partial charge on any atom is -0.334 e. The highest BCUT2D eigenvalue weighted by atomic mass is 16.2. The van der Waals surface area contributed by atoms with Gasteiger partial charge in [0, 0.05) is 18.7 Å². The molecular formula is C20H23N3O2. The fourth-order valence-corrected chi connectivity index (χ4v) is 4.30. The molecule has 5 nitrogen and oxygen atoms in total. The van der Waals surface area contributed by atoms with Crippen LogP contribution in [0.2, 0.25) is 0 Å². The van der Waals surface area contributed by atoms with Crippen LogP contribution in [0, 0.1) is 5.92 Å². The van der Waals surface area contributed by atoms with E-state index in [0.717, 1.165) is 19.4 Å². The third kappa shape index (κ3) is 3.11. The molecule has 1 amide bonds. The lowest BCUT2D eigenvalue weighted by Crippen LogP contribution is -2.40. The number of carbonyl (C=O) groups excluding carboxylic acids is 1. The SMILES string of the molecule is O=C(c1ccc(=O)n(-c2ccccc2)n1)N1CCC[C@H]1C1CCCC1. The number of rotatable bonds is 3. The Kier molecular flexibility index (Phi) is 4.38. The number of likely N-dealkylation sites (tertiary alicyclic amines) is 1. The summed E-state index contributed by atoms with van der Waals surface area (Å²) < 4.78 is 1.31. The zero-order valence-corrected chi connectivity index (χ0v) is 14.3. The molecule has 1 saturated heterocycles. The number of nitrogens with zero attached hydrogens (tertiary/aromatic N) is 3. The number of amides is 1. The van der Waals surface area contributed by atoms with E-state index in [-0.39, 0.29) is 11.5 Å². The van der Waals surface area contributed by atoms with Gasteiger partial charge in [-0.3, -0.25) is 9.59 Å². The Hall–Kier alpha value is -2.43. The van der Waals surface area contributed by atoms with E-state index < -0.39 is 0 Å². The largest absolute Gasteiger partial charge is 0.334 e. The number of para-hydroxylation sites is 1. The van der Waals surface area contributed by atoms with E-state index >= 15 is 0 Å². The molecule has 1 aromatic carbocycles. The highest BCUT2D eigenvalue weighted by Crippen LogP contribution is 2.35. The summed E-state index contributed by atoms with van der Waals surface area (Å²) in [5.74, 6) is 0.588. The highest BCUT2D eigenvalue weighted by molar-refractivity contribution is 5.92. The van der Waals surface area contributed by atoms with Gasteiger partial charge in [0.05, 0.1) is 5.69 Å². The smallest absolute Gasteiger partial charge is 0.274 e. The molecule has 130 valence electrons. The van der Waals surface area contributed by atoms with E-state index in [4.69, 9.17) is 0 Å². The van der Waals surface area contributed by atoms with Crippen molar-refractivity contribution in [2.24, 2.45) is 5.92 Å². The summed E-state index contributed by atoms with van der Waals surface area (Å²) in [5.41, 5.74) is 0.806. The van der Waals surface area contributed by atoms with Gasteiger partial charge in [-0.1, -0.05) is 31.0 Å². The van der Waals surface area contributed by atoms with E-state index in [9.17, 15) is 9.59 Å². The van der Waals surface area contributed by atoms with Crippen molar-refractivity contribution >= 4 is 5.91 Å². The second-order valence-electron chi connectivity index (χ2n) is 7.06. The first-order valence-corrected chi connectivity index (χ1v) is 9.21. The van der Waals surface area contributed by atoms with Crippen LogP contribution in [-0.4, -0.2) is 33.2 Å². The van der Waals surface area contributed by atoms with Gasteiger partial charge in [-0.05, 0) is 49.8 Å². The summed E-state index contributed by atoms with van der Waals surface area (Å²) >= 11 is 0. The minimum absolute atomic E-state index is 0.0425. The minimum atomic E-state index is -0.225. The molecule has 2 aromatic rings. The second kappa shape index (κ2) is 6.82. The summed E-state index contributed by atoms with van der Waals surface area (Å²) in [7, 11) is 0. The van der Waals surface area contributed by atoms with Crippen LogP contribution in [0.1, 0.15) is 49.0 Å². The van der Waals surface area contributed by atoms with Crippen molar-refractivity contribution in [2.75, 3.05) is 6.54 Å². The van der Waals surface area contributed by atoms with Gasteiger partial charge in [0.15, 0.2) is 0 Å². The number of carbonyl (C=O) groups is 1. The van der Waals surface area contributed by atoms with Crippen molar-refractivity contribution in [2.45, 2.75) is 44.6 Å². The lowest BCUT2D eigenvalue weighted by atomic mass is 9.96. The van der Waals surface area contributed by atoms with Crippen molar-refractivity contribution in [3.63, 3.8) is 0 Å². The van der Waals surface area contributed by atoms with E-state index in [1.807, 2.05) is 35.2 Å². The third-order valence-electron chi connectivity index (χ3n) is 5.52. The Morgan fingerprint density at radius 1 is 0.960 bits per heavy atom. The van der Waals surface area contributed by atoms with Gasteiger partial charge in [0.1, 0.15) is 5.69 Å². The molecule has 0 spiro atoms. The van der Waals surface area contributed by atoms with E-state index in [1.165, 1.54) is 36.4 Å². The molecule has 2 fully saturated rings. The van der Waals surface area contributed by atoms with Gasteiger partial charge < -0.3 is 4.90 Å². The summed E-state index contributed by atoms with van der Waals surface area (Å²) in [6.45, 7) is 0.798. The van der Waals surface area contributed by atoms with Crippen molar-refractivity contribution in [1.29, 1.82) is 0 Å². The molecule has 1 saturated carbocycles. The maximum atomic E-state index is 13.1. The number of hydrogen-bond acceptors (Lipinski definition) is 3. The first-order chi connectivity index (χ1) is 12.2. The van der Waals surface area contributed by atoms with Gasteiger partial charge >= 0.3 is 0 Å². The van der Waals surface area contributed by atoms with Crippen LogP contribution in [0.15, 0.2) is 47.3 Å². The Labute approximate surface area is 147 Å². The molecule has 4 rings (SSSR count). The predicted octanol–water partition coefficient (Wildman–Crippen LogP) is 3.03. The molecule has 1 aliphatic heterocycles. The van der Waals surface area contributed by atoms with Crippen LogP contribution < -0.4 is 5.56 Å². The molecule has 1 aliphatic carbocycles. The van der Waals surface area contributed by atoms with Gasteiger partial charge in [-0.2, -0.15) is 9.78 Å². The van der Waals surface area contributed by atoms with Crippen LogP contribution in [0.4, 0.5) is 0 Å². The van der Waals surface area contributed by atoms with Gasteiger partial charge in [-0.25, -0.2) is 0 Å². The van der Waals surface area contributed by atoms with E-state index in [0.29, 0.717) is 23.3 Å². The summed E-state index contributed by atoms with van der Waals surface area (Å²) in [4.78, 5) is 27.2. The van der Waals surface area contributed by atoms with Crippen molar-refractivity contribution in [3.05, 3.63) is 58.5 Å². The Bertz CT molecular complexity index is 809. The van der Waals surface area contributed by atoms with Gasteiger partial charge in [0.2, 0.25) is 0 Å². The van der Waals surface area contributed by atoms with Crippen LogP contribution >= 0.6 is 0 Å². The Morgan fingerprint density at radius 2 is 1.72 bits per heavy atom. The van der Waals surface area contributed by atoms with E-state index in [2.05, 4.69) is 5.10 Å². The zero-order valence-electron chi connectivity index (χ0n) is 14.3. The molecule has 1 aromatic heterocycles. The first-order valence-electron chi connectivity index (χ1n) is 9.21. The lowest BCUT2D eigenvalue weighted by molar-refractivity contribution is 0.0681. The maximum absolute atomic E-state index is 13.1. The quantitative estimate of drug-likeness (QED) is 0.865. The van der Waals surface area contributed by atoms with Crippen LogP contribution in [0.25, 0.3) is 5.69 Å². The normalized spacial score (nSPS) is 21.0. The summed E-state index contributed by atoms with van der Waals surface area (Å²) in [6.07, 6.45) is 7.16. The molecule has 0 unspecified atom stereocenters. The van der Waals surface area contributed by atoms with Crippen LogP contribution in [0.3, 0.4) is 0 Å². The average Bonchev–Trinajstić information content (AvgIpc) is 3.33. The van der Waals surface area contributed by atoms with Crippen molar-refractivity contribution in [3.8, 4) is 5.69 Å². The molecule has 0 N–H and O–H groups in total. The van der Waals surface area contributed by atoms with Crippen molar-refractivity contribution in [1.82, 2.24) is 14.7 Å². The zero-order chi connectivity index (χ0) is 17.2. The summed E-state index contributed by atoms with van der Waals surface area (Å²) in [6, 6.07) is 12.6. The van der Waals surface area contributed by atoms with Gasteiger partial charge in [-0.15, -0.1) is 0 Å². The predicted molar refractivity (Wildman–Crippen MR) is 95.9 cm³/mol. The molecule has 1 atom stereocenters. The molecule has 2 aliphatic rings. The molecule has 0 bridgehead atoms. The highest BCUT2D eigenvalue weighted by Gasteiger charge is 2.36. The van der Waals surface area contributed by atoms with Crippen LogP contribution in [-0.2, 0) is 0 Å². The average molecular weight is 337 g/mol. The van der Waals surface area contributed by atoms with Crippen LogP contribution in [0.5, 0.6) is 0 Å². The molecular weight excluding hydrogens is 314 g/mol. The molecule has 25 heavy (non-hydrogen) atoms. The number of aromatic nitrogens is 2. The Morgan fingerprint density at radius 3 is 2.48 bits per heavy atom. The monoisotopic (exact) mass is 337 g/mol. The Balaban J connectivity index is 1.63. The third-order valence-corrected chi connectivity index (χ3v) is 5.52. The topological polar surface area (TPSA) is 55.2 Å². The fourth-order valence-electron chi connectivity index (χ4n) is 4.30. The second-order valence-corrected chi connectivity index (χ2v) is 7.06. The first kappa shape index (κ1) is 16.1. The molecule has 5 heteroatoms.